The lowest BCUT2D eigenvalue weighted by Gasteiger charge is -2.37. The van der Waals surface area contributed by atoms with E-state index < -0.39 is 5.97 Å². The van der Waals surface area contributed by atoms with E-state index in [9.17, 15) is 9.59 Å². The highest BCUT2D eigenvalue weighted by molar-refractivity contribution is 5.89. The Hall–Kier alpha value is -4.40. The molecule has 1 aliphatic rings. The lowest BCUT2D eigenvalue weighted by Crippen LogP contribution is -2.43. The number of nitrogens with zero attached hydrogens (tertiary/aromatic N) is 1. The first-order chi connectivity index (χ1) is 18.9. The molecular weight excluding hydrogens is 502 g/mol. The largest absolute Gasteiger partial charge is 0.493 e. The normalized spacial score (nSPS) is 14.2. The fourth-order valence-electron chi connectivity index (χ4n) is 4.75. The summed E-state index contributed by atoms with van der Waals surface area (Å²) in [5.74, 6) is 2.50. The zero-order chi connectivity index (χ0) is 27.9. The Balaban J connectivity index is 1.62. The van der Waals surface area contributed by atoms with E-state index in [1.807, 2.05) is 29.2 Å². The number of hydrogen-bond donors (Lipinski definition) is 0. The number of fused-ring (bicyclic) bond motifs is 1. The number of hydrogen-bond acceptors (Lipinski definition) is 8. The molecule has 9 heteroatoms. The van der Waals surface area contributed by atoms with Gasteiger partial charge in [0.15, 0.2) is 23.0 Å². The summed E-state index contributed by atoms with van der Waals surface area (Å²) >= 11 is 0. The molecule has 0 radical (unpaired) electrons. The minimum absolute atomic E-state index is 0.0442. The van der Waals surface area contributed by atoms with E-state index in [2.05, 4.69) is 0 Å². The molecule has 9 nitrogen and oxygen atoms in total. The molecule has 39 heavy (non-hydrogen) atoms. The summed E-state index contributed by atoms with van der Waals surface area (Å²) in [4.78, 5) is 27.3. The highest BCUT2D eigenvalue weighted by Gasteiger charge is 2.33. The number of ether oxygens (including phenoxy) is 6. The third-order valence-corrected chi connectivity index (χ3v) is 6.81. The summed E-state index contributed by atoms with van der Waals surface area (Å²) in [7, 11) is 7.67. The summed E-state index contributed by atoms with van der Waals surface area (Å²) in [5.41, 5.74) is 3.24. The molecule has 0 N–H and O–H groups in total. The number of carbonyl (C=O) groups excluding carboxylic acids is 2. The maximum absolute atomic E-state index is 13.7. The van der Waals surface area contributed by atoms with Gasteiger partial charge in [0.25, 0.3) is 0 Å². The average Bonchev–Trinajstić information content (AvgIpc) is 2.98. The van der Waals surface area contributed by atoms with Crippen molar-refractivity contribution in [3.63, 3.8) is 0 Å². The topological polar surface area (TPSA) is 92.8 Å². The summed E-state index contributed by atoms with van der Waals surface area (Å²) in [6.45, 7) is 0.724. The second kappa shape index (κ2) is 12.4. The second-order valence-corrected chi connectivity index (χ2v) is 8.95. The summed E-state index contributed by atoms with van der Waals surface area (Å²) in [5, 5.41) is 0. The Labute approximate surface area is 228 Å². The van der Waals surface area contributed by atoms with Gasteiger partial charge in [-0.3, -0.25) is 4.79 Å². The molecule has 1 atom stereocenters. The minimum Gasteiger partial charge on any atom is -0.493 e. The van der Waals surface area contributed by atoms with Gasteiger partial charge in [-0.25, -0.2) is 4.79 Å². The molecule has 0 bridgehead atoms. The summed E-state index contributed by atoms with van der Waals surface area (Å²) in [6.07, 6.45) is 0.852. The molecule has 4 rings (SSSR count). The number of benzene rings is 3. The first kappa shape index (κ1) is 27.6. The van der Waals surface area contributed by atoms with Gasteiger partial charge in [0, 0.05) is 6.54 Å². The van der Waals surface area contributed by atoms with Crippen molar-refractivity contribution in [1.29, 1.82) is 0 Å². The maximum Gasteiger partial charge on any atom is 0.337 e. The van der Waals surface area contributed by atoms with Crippen molar-refractivity contribution in [2.24, 2.45) is 0 Å². The molecule has 0 aromatic heterocycles. The van der Waals surface area contributed by atoms with Gasteiger partial charge in [-0.1, -0.05) is 6.07 Å². The Morgan fingerprint density at radius 2 is 1.44 bits per heavy atom. The van der Waals surface area contributed by atoms with E-state index >= 15 is 0 Å². The Bertz CT molecular complexity index is 1320. The predicted octanol–water partition coefficient (Wildman–Crippen LogP) is 4.26. The summed E-state index contributed by atoms with van der Waals surface area (Å²) in [6, 6.07) is 15.7. The van der Waals surface area contributed by atoms with E-state index in [-0.39, 0.29) is 25.0 Å². The highest BCUT2D eigenvalue weighted by Crippen LogP contribution is 2.39. The maximum atomic E-state index is 13.7. The molecule has 1 amide bonds. The number of methoxy groups -OCH3 is 5. The lowest BCUT2D eigenvalue weighted by atomic mass is 9.91. The van der Waals surface area contributed by atoms with Crippen LogP contribution in [0, 0.1) is 0 Å². The molecule has 0 spiro atoms. The molecule has 0 unspecified atom stereocenters. The second-order valence-electron chi connectivity index (χ2n) is 8.95. The van der Waals surface area contributed by atoms with Gasteiger partial charge in [0.2, 0.25) is 5.91 Å². The zero-order valence-electron chi connectivity index (χ0n) is 22.8. The predicted molar refractivity (Wildman–Crippen MR) is 144 cm³/mol. The van der Waals surface area contributed by atoms with Crippen LogP contribution >= 0.6 is 0 Å². The van der Waals surface area contributed by atoms with Crippen molar-refractivity contribution >= 4 is 11.9 Å². The molecule has 3 aromatic carbocycles. The quantitative estimate of drug-likeness (QED) is 0.356. The third kappa shape index (κ3) is 6.03. The van der Waals surface area contributed by atoms with Crippen LogP contribution in [-0.2, 0) is 22.4 Å². The van der Waals surface area contributed by atoms with Crippen molar-refractivity contribution in [3.05, 3.63) is 76.9 Å². The van der Waals surface area contributed by atoms with Gasteiger partial charge in [-0.05, 0) is 71.6 Å². The Morgan fingerprint density at radius 3 is 2.08 bits per heavy atom. The lowest BCUT2D eigenvalue weighted by molar-refractivity contribution is -0.134. The van der Waals surface area contributed by atoms with Gasteiger partial charge in [-0.2, -0.15) is 0 Å². The number of amides is 1. The Morgan fingerprint density at radius 1 is 0.795 bits per heavy atom. The van der Waals surface area contributed by atoms with Crippen molar-refractivity contribution < 1.29 is 38.0 Å². The fraction of sp³-hybridized carbons (Fsp3) is 0.333. The number of carbonyl (C=O) groups is 2. The van der Waals surface area contributed by atoms with Gasteiger partial charge in [-0.15, -0.1) is 0 Å². The van der Waals surface area contributed by atoms with Gasteiger partial charge < -0.3 is 33.3 Å². The zero-order valence-corrected chi connectivity index (χ0v) is 22.8. The van der Waals surface area contributed by atoms with Crippen LogP contribution in [0.5, 0.6) is 28.7 Å². The standard InChI is InChI=1S/C30H33NO8/c1-34-25-11-6-19(14-26(25)35-2)15-29(32)31-13-12-21-16-27(36-3)28(37-4)17-23(21)24(31)18-39-22-9-7-20(8-10-22)30(33)38-5/h6-11,14,16-17,24H,12-13,15,18H2,1-5H3/t24-/m1/s1. The van der Waals surface area contributed by atoms with Gasteiger partial charge in [0.05, 0.1) is 53.6 Å². The van der Waals surface area contributed by atoms with Crippen LogP contribution in [-0.4, -0.2) is 65.5 Å². The number of esters is 1. The smallest absolute Gasteiger partial charge is 0.337 e. The van der Waals surface area contributed by atoms with E-state index in [0.717, 1.165) is 16.7 Å². The molecule has 0 aliphatic carbocycles. The van der Waals surface area contributed by atoms with E-state index in [1.54, 1.807) is 58.8 Å². The van der Waals surface area contributed by atoms with Crippen molar-refractivity contribution in [1.82, 2.24) is 4.90 Å². The molecule has 0 saturated heterocycles. The van der Waals surface area contributed by atoms with Crippen LogP contribution in [0.1, 0.15) is 33.1 Å². The van der Waals surface area contributed by atoms with E-state index in [1.165, 1.54) is 7.11 Å². The molecular formula is C30H33NO8. The van der Waals surface area contributed by atoms with Crippen LogP contribution in [0.25, 0.3) is 0 Å². The van der Waals surface area contributed by atoms with Crippen LogP contribution in [0.4, 0.5) is 0 Å². The van der Waals surface area contributed by atoms with Gasteiger partial charge in [0.1, 0.15) is 12.4 Å². The first-order valence-corrected chi connectivity index (χ1v) is 12.5. The minimum atomic E-state index is -0.421. The average molecular weight is 536 g/mol. The fourth-order valence-corrected chi connectivity index (χ4v) is 4.75. The Kier molecular flexibility index (Phi) is 8.81. The van der Waals surface area contributed by atoms with Crippen LogP contribution < -0.4 is 23.7 Å². The molecule has 3 aromatic rings. The van der Waals surface area contributed by atoms with E-state index in [0.29, 0.717) is 47.3 Å². The number of rotatable bonds is 10. The molecule has 1 aliphatic heterocycles. The monoisotopic (exact) mass is 535 g/mol. The molecule has 0 saturated carbocycles. The van der Waals surface area contributed by atoms with Crippen molar-refractivity contribution in [3.8, 4) is 28.7 Å². The highest BCUT2D eigenvalue weighted by atomic mass is 16.5. The van der Waals surface area contributed by atoms with Gasteiger partial charge >= 0.3 is 5.97 Å². The van der Waals surface area contributed by atoms with Crippen LogP contribution in [0.15, 0.2) is 54.6 Å². The summed E-state index contributed by atoms with van der Waals surface area (Å²) < 4.78 is 32.7. The first-order valence-electron chi connectivity index (χ1n) is 12.5. The molecule has 1 heterocycles. The third-order valence-electron chi connectivity index (χ3n) is 6.81. The SMILES string of the molecule is COC(=O)c1ccc(OC[C@@H]2c3cc(OC)c(OC)cc3CCN2C(=O)Cc2ccc(OC)c(OC)c2)cc1. The van der Waals surface area contributed by atoms with Crippen molar-refractivity contribution in [2.45, 2.75) is 18.9 Å². The molecule has 206 valence electrons. The van der Waals surface area contributed by atoms with E-state index in [4.69, 9.17) is 28.4 Å². The van der Waals surface area contributed by atoms with Crippen molar-refractivity contribution in [2.75, 3.05) is 48.7 Å². The van der Waals surface area contributed by atoms with Crippen LogP contribution in [0.2, 0.25) is 0 Å². The molecule has 0 fully saturated rings. The van der Waals surface area contributed by atoms with Crippen LogP contribution in [0.3, 0.4) is 0 Å².